The average molecular weight is 590 g/mol. The Balaban J connectivity index is 1.23. The number of likely N-dealkylation sites (tertiary alicyclic amines) is 1. The summed E-state index contributed by atoms with van der Waals surface area (Å²) in [5, 5.41) is 18.6. The number of amides is 5. The van der Waals surface area contributed by atoms with Gasteiger partial charge in [-0.2, -0.15) is 0 Å². The molecule has 11 heteroatoms. The molecular weight excluding hydrogens is 538 g/mol. The molecule has 0 radical (unpaired) electrons. The van der Waals surface area contributed by atoms with Crippen molar-refractivity contribution >= 4 is 29.7 Å². The predicted molar refractivity (Wildman–Crippen MR) is 157 cm³/mol. The van der Waals surface area contributed by atoms with Crippen LogP contribution in [0.3, 0.4) is 0 Å². The smallest absolute Gasteiger partial charge is 0.315 e. The van der Waals surface area contributed by atoms with Crippen LogP contribution in [0.25, 0.3) is 0 Å². The fourth-order valence-corrected chi connectivity index (χ4v) is 7.30. The highest BCUT2D eigenvalue weighted by Gasteiger charge is 2.37. The quantitative estimate of drug-likeness (QED) is 0.308. The van der Waals surface area contributed by atoms with E-state index in [2.05, 4.69) is 22.9 Å². The minimum absolute atomic E-state index is 0.00388. The van der Waals surface area contributed by atoms with Gasteiger partial charge in [0, 0.05) is 37.1 Å². The highest BCUT2D eigenvalue weighted by atomic mass is 16.4. The lowest BCUT2D eigenvalue weighted by atomic mass is 9.86. The van der Waals surface area contributed by atoms with Crippen molar-refractivity contribution in [2.45, 2.75) is 134 Å². The van der Waals surface area contributed by atoms with Crippen molar-refractivity contribution in [3.05, 3.63) is 0 Å². The summed E-state index contributed by atoms with van der Waals surface area (Å²) in [6.07, 6.45) is 13.3. The van der Waals surface area contributed by atoms with Crippen LogP contribution in [0.2, 0.25) is 0 Å². The van der Waals surface area contributed by atoms with Gasteiger partial charge in [0.1, 0.15) is 6.04 Å². The second-order valence-corrected chi connectivity index (χ2v) is 13.0. The van der Waals surface area contributed by atoms with E-state index < -0.39 is 12.0 Å². The van der Waals surface area contributed by atoms with E-state index in [1.165, 1.54) is 11.3 Å². The van der Waals surface area contributed by atoms with E-state index in [-0.39, 0.29) is 67.3 Å². The van der Waals surface area contributed by atoms with Gasteiger partial charge in [-0.15, -0.1) is 0 Å². The van der Waals surface area contributed by atoms with Crippen LogP contribution in [-0.2, 0) is 19.2 Å². The third-order valence-corrected chi connectivity index (χ3v) is 9.90. The molecule has 0 aromatic carbocycles. The van der Waals surface area contributed by atoms with Crippen LogP contribution in [-0.4, -0.2) is 88.4 Å². The van der Waals surface area contributed by atoms with Gasteiger partial charge in [0.05, 0.1) is 13.0 Å². The first-order valence-electron chi connectivity index (χ1n) is 16.4. The number of nitrogens with one attached hydrogen (secondary N) is 3. The third kappa shape index (κ3) is 9.07. The molecule has 42 heavy (non-hydrogen) atoms. The molecular formula is C31H51N5O6. The maximum atomic E-state index is 13.4. The highest BCUT2D eigenvalue weighted by Crippen LogP contribution is 2.27. The second-order valence-electron chi connectivity index (χ2n) is 13.0. The monoisotopic (exact) mass is 589 g/mol. The molecule has 3 unspecified atom stereocenters. The van der Waals surface area contributed by atoms with Crippen LogP contribution in [0, 0.1) is 11.8 Å². The van der Waals surface area contributed by atoms with E-state index in [1.807, 2.05) is 0 Å². The van der Waals surface area contributed by atoms with E-state index in [1.54, 1.807) is 4.90 Å². The number of carbonyl (C=O) groups excluding carboxylic acids is 4. The van der Waals surface area contributed by atoms with Crippen LogP contribution in [0.4, 0.5) is 4.79 Å². The number of urea groups is 1. The van der Waals surface area contributed by atoms with Gasteiger partial charge >= 0.3 is 12.0 Å². The first-order chi connectivity index (χ1) is 20.2. The molecule has 1 saturated heterocycles. The Kier molecular flexibility index (Phi) is 11.9. The largest absolute Gasteiger partial charge is 0.481 e. The Morgan fingerprint density at radius 2 is 1.40 bits per heavy atom. The molecule has 5 amide bonds. The molecule has 11 nitrogen and oxygen atoms in total. The fourth-order valence-electron chi connectivity index (χ4n) is 7.30. The summed E-state index contributed by atoms with van der Waals surface area (Å²) in [5.74, 6) is -1.28. The Hall–Kier alpha value is -2.85. The number of hydrogen-bond donors (Lipinski definition) is 4. The Morgan fingerprint density at radius 1 is 0.762 bits per heavy atom. The number of aliphatic carboxylic acids is 1. The molecule has 3 atom stereocenters. The SMILES string of the molecule is CC1CCCCC1NC(=O)NC1CCC(NC(=O)C2CCCN2C(=O)CN(CCC(=O)O)C(=O)C2CCCCC2)CC1. The summed E-state index contributed by atoms with van der Waals surface area (Å²) in [6.45, 7) is 2.46. The van der Waals surface area contributed by atoms with Crippen molar-refractivity contribution < 1.29 is 29.1 Å². The van der Waals surface area contributed by atoms with Crippen molar-refractivity contribution in [1.82, 2.24) is 25.8 Å². The third-order valence-electron chi connectivity index (χ3n) is 9.90. The molecule has 4 aliphatic rings. The minimum Gasteiger partial charge on any atom is -0.481 e. The number of nitrogens with zero attached hydrogens (tertiary/aromatic N) is 2. The van der Waals surface area contributed by atoms with E-state index in [0.29, 0.717) is 25.3 Å². The molecule has 0 bridgehead atoms. The number of carboxylic acid groups (broad SMARTS) is 1. The van der Waals surface area contributed by atoms with E-state index >= 15 is 0 Å². The maximum Gasteiger partial charge on any atom is 0.315 e. The van der Waals surface area contributed by atoms with Crippen LogP contribution >= 0.6 is 0 Å². The summed E-state index contributed by atoms with van der Waals surface area (Å²) in [5.41, 5.74) is 0. The zero-order valence-corrected chi connectivity index (χ0v) is 25.3. The van der Waals surface area contributed by atoms with Gasteiger partial charge in [0.15, 0.2) is 0 Å². The van der Waals surface area contributed by atoms with Crippen molar-refractivity contribution in [2.75, 3.05) is 19.6 Å². The summed E-state index contributed by atoms with van der Waals surface area (Å²) < 4.78 is 0. The molecule has 4 rings (SSSR count). The molecule has 0 aromatic rings. The maximum absolute atomic E-state index is 13.4. The minimum atomic E-state index is -1.01. The summed E-state index contributed by atoms with van der Waals surface area (Å²) >= 11 is 0. The fraction of sp³-hybridized carbons (Fsp3) is 0.839. The molecule has 3 saturated carbocycles. The van der Waals surface area contributed by atoms with Crippen LogP contribution in [0.5, 0.6) is 0 Å². The van der Waals surface area contributed by atoms with E-state index in [0.717, 1.165) is 77.0 Å². The van der Waals surface area contributed by atoms with Crippen LogP contribution < -0.4 is 16.0 Å². The lowest BCUT2D eigenvalue weighted by molar-refractivity contribution is -0.147. The van der Waals surface area contributed by atoms with E-state index in [9.17, 15) is 29.1 Å². The number of rotatable bonds is 10. The van der Waals surface area contributed by atoms with Crippen molar-refractivity contribution in [2.24, 2.45) is 11.8 Å². The molecule has 4 fully saturated rings. The average Bonchev–Trinajstić information content (AvgIpc) is 3.48. The normalized spacial score (nSPS) is 28.5. The summed E-state index contributed by atoms with van der Waals surface area (Å²) in [6, 6.07) is -0.362. The van der Waals surface area contributed by atoms with Crippen LogP contribution in [0.15, 0.2) is 0 Å². The second kappa shape index (κ2) is 15.6. The van der Waals surface area contributed by atoms with Crippen LogP contribution in [0.1, 0.15) is 110 Å². The van der Waals surface area contributed by atoms with Crippen molar-refractivity contribution in [1.29, 1.82) is 0 Å². The van der Waals surface area contributed by atoms with Gasteiger partial charge in [-0.3, -0.25) is 19.2 Å². The zero-order valence-electron chi connectivity index (χ0n) is 25.3. The molecule has 236 valence electrons. The number of hydrogen-bond acceptors (Lipinski definition) is 5. The topological polar surface area (TPSA) is 148 Å². The van der Waals surface area contributed by atoms with Gasteiger partial charge in [-0.1, -0.05) is 39.0 Å². The standard InChI is InChI=1S/C31H51N5O6/c1-21-8-5-6-11-25(21)34-31(42)33-24-15-13-23(14-16-24)32-29(40)26-12-7-18-36(26)27(37)20-35(19-17-28(38)39)30(41)22-9-3-2-4-10-22/h21-26H,2-20H2,1H3,(H,32,40)(H,38,39)(H2,33,34,42). The van der Waals surface area contributed by atoms with Gasteiger partial charge in [-0.25, -0.2) is 4.79 Å². The lowest BCUT2D eigenvalue weighted by Gasteiger charge is -2.34. The van der Waals surface area contributed by atoms with E-state index in [4.69, 9.17) is 0 Å². The van der Waals surface area contributed by atoms with Crippen molar-refractivity contribution in [3.8, 4) is 0 Å². The van der Waals surface area contributed by atoms with Gasteiger partial charge < -0.3 is 30.9 Å². The van der Waals surface area contributed by atoms with Gasteiger partial charge in [0.25, 0.3) is 0 Å². The van der Waals surface area contributed by atoms with Crippen molar-refractivity contribution in [3.63, 3.8) is 0 Å². The van der Waals surface area contributed by atoms with Gasteiger partial charge in [0.2, 0.25) is 17.7 Å². The highest BCUT2D eigenvalue weighted by molar-refractivity contribution is 5.91. The Morgan fingerprint density at radius 3 is 2.07 bits per heavy atom. The lowest BCUT2D eigenvalue weighted by Crippen LogP contribution is -2.53. The van der Waals surface area contributed by atoms with Gasteiger partial charge in [-0.05, 0) is 70.1 Å². The molecule has 4 N–H and O–H groups in total. The zero-order chi connectivity index (χ0) is 30.1. The molecule has 3 aliphatic carbocycles. The molecule has 1 aliphatic heterocycles. The first-order valence-corrected chi connectivity index (χ1v) is 16.4. The Bertz CT molecular complexity index is 961. The number of carbonyl (C=O) groups is 5. The molecule has 1 heterocycles. The summed E-state index contributed by atoms with van der Waals surface area (Å²) in [4.78, 5) is 66.6. The number of carboxylic acids is 1. The molecule has 0 aromatic heterocycles. The molecule has 0 spiro atoms. The predicted octanol–water partition coefficient (Wildman–Crippen LogP) is 3.17. The first kappa shape index (κ1) is 32.1. The summed E-state index contributed by atoms with van der Waals surface area (Å²) in [7, 11) is 0. The Labute approximate surface area is 249 Å².